The standard InChI is InChI=1S/C23H22ClN3O4/c1-13(2)30-20-8-5-15(10-18(20)24)23-25-22(26-31-23)14-4-7-17-16(6-9-21(28)29)12-27(3)19(17)11-14/h4-5,7-8,10-13H,6,9H2,1-3H3,(H,28,29). The summed E-state index contributed by atoms with van der Waals surface area (Å²) >= 11 is 6.32. The van der Waals surface area contributed by atoms with Crippen molar-refractivity contribution in [2.45, 2.75) is 32.8 Å². The van der Waals surface area contributed by atoms with Crippen LogP contribution in [0.25, 0.3) is 33.7 Å². The summed E-state index contributed by atoms with van der Waals surface area (Å²) in [5, 5.41) is 14.6. The maximum atomic E-state index is 10.9. The first-order chi connectivity index (χ1) is 14.8. The summed E-state index contributed by atoms with van der Waals surface area (Å²) in [5.74, 6) is 0.621. The molecule has 0 spiro atoms. The van der Waals surface area contributed by atoms with E-state index in [4.69, 9.17) is 26.0 Å². The summed E-state index contributed by atoms with van der Waals surface area (Å²) in [4.78, 5) is 15.4. The lowest BCUT2D eigenvalue weighted by atomic mass is 10.1. The van der Waals surface area contributed by atoms with Gasteiger partial charge in [-0.15, -0.1) is 0 Å². The predicted octanol–water partition coefficient (Wildman–Crippen LogP) is 5.35. The lowest BCUT2D eigenvalue weighted by molar-refractivity contribution is -0.136. The number of benzene rings is 2. The smallest absolute Gasteiger partial charge is 0.303 e. The highest BCUT2D eigenvalue weighted by Gasteiger charge is 2.15. The van der Waals surface area contributed by atoms with E-state index in [0.29, 0.717) is 34.5 Å². The minimum absolute atomic E-state index is 0.0235. The van der Waals surface area contributed by atoms with Crippen LogP contribution >= 0.6 is 11.6 Å². The quantitative estimate of drug-likeness (QED) is 0.417. The number of fused-ring (bicyclic) bond motifs is 1. The van der Waals surface area contributed by atoms with Crippen LogP contribution in [-0.4, -0.2) is 31.9 Å². The Morgan fingerprint density at radius 3 is 2.71 bits per heavy atom. The number of aromatic nitrogens is 3. The van der Waals surface area contributed by atoms with Crippen LogP contribution in [0.4, 0.5) is 0 Å². The van der Waals surface area contributed by atoms with Gasteiger partial charge in [0.2, 0.25) is 5.82 Å². The van der Waals surface area contributed by atoms with Gasteiger partial charge in [-0.3, -0.25) is 4.79 Å². The van der Waals surface area contributed by atoms with Crippen molar-refractivity contribution < 1.29 is 19.2 Å². The van der Waals surface area contributed by atoms with Crippen LogP contribution in [0.3, 0.4) is 0 Å². The number of halogens is 1. The average Bonchev–Trinajstić information content (AvgIpc) is 3.33. The maximum Gasteiger partial charge on any atom is 0.303 e. The number of aliphatic carboxylic acids is 1. The van der Waals surface area contributed by atoms with Crippen LogP contribution in [0.5, 0.6) is 5.75 Å². The van der Waals surface area contributed by atoms with Gasteiger partial charge >= 0.3 is 5.97 Å². The Balaban J connectivity index is 1.62. The minimum atomic E-state index is -0.808. The molecule has 0 saturated carbocycles. The highest BCUT2D eigenvalue weighted by Crippen LogP contribution is 2.32. The van der Waals surface area contributed by atoms with E-state index in [1.165, 1.54) is 0 Å². The van der Waals surface area contributed by atoms with E-state index in [9.17, 15) is 4.79 Å². The number of carboxylic acids is 1. The molecule has 0 aliphatic rings. The fourth-order valence-corrected chi connectivity index (χ4v) is 3.71. The molecular formula is C23H22ClN3O4. The molecule has 0 radical (unpaired) electrons. The Kier molecular flexibility index (Phi) is 5.69. The van der Waals surface area contributed by atoms with Gasteiger partial charge in [0, 0.05) is 41.7 Å². The summed E-state index contributed by atoms with van der Waals surface area (Å²) in [6, 6.07) is 11.2. The molecule has 4 aromatic rings. The molecule has 0 amide bonds. The molecule has 0 bridgehead atoms. The highest BCUT2D eigenvalue weighted by atomic mass is 35.5. The fourth-order valence-electron chi connectivity index (χ4n) is 3.49. The van der Waals surface area contributed by atoms with Crippen LogP contribution in [0, 0.1) is 0 Å². The van der Waals surface area contributed by atoms with Crippen molar-refractivity contribution in [1.82, 2.24) is 14.7 Å². The van der Waals surface area contributed by atoms with Crippen molar-refractivity contribution in [3.63, 3.8) is 0 Å². The number of ether oxygens (including phenoxy) is 1. The molecule has 8 heteroatoms. The normalized spacial score (nSPS) is 11.4. The van der Waals surface area contributed by atoms with Gasteiger partial charge in [0.15, 0.2) is 0 Å². The third-order valence-electron chi connectivity index (χ3n) is 4.91. The second kappa shape index (κ2) is 8.43. The number of hydrogen-bond donors (Lipinski definition) is 1. The van der Waals surface area contributed by atoms with Gasteiger partial charge in [0.25, 0.3) is 5.89 Å². The number of carbonyl (C=O) groups is 1. The van der Waals surface area contributed by atoms with Crippen molar-refractivity contribution in [2.24, 2.45) is 7.05 Å². The largest absolute Gasteiger partial charge is 0.489 e. The molecule has 0 fully saturated rings. The minimum Gasteiger partial charge on any atom is -0.489 e. The zero-order valence-corrected chi connectivity index (χ0v) is 18.2. The Morgan fingerprint density at radius 1 is 1.23 bits per heavy atom. The van der Waals surface area contributed by atoms with Crippen LogP contribution < -0.4 is 4.74 Å². The van der Waals surface area contributed by atoms with Gasteiger partial charge < -0.3 is 18.9 Å². The van der Waals surface area contributed by atoms with Crippen LogP contribution in [0.2, 0.25) is 5.02 Å². The molecule has 160 valence electrons. The molecule has 0 saturated heterocycles. The highest BCUT2D eigenvalue weighted by molar-refractivity contribution is 6.32. The van der Waals surface area contributed by atoms with Gasteiger partial charge in [0.05, 0.1) is 11.1 Å². The van der Waals surface area contributed by atoms with E-state index in [1.807, 2.05) is 55.9 Å². The van der Waals surface area contributed by atoms with Crippen LogP contribution in [0.15, 0.2) is 47.1 Å². The molecule has 0 atom stereocenters. The Labute approximate surface area is 184 Å². The monoisotopic (exact) mass is 439 g/mol. The lowest BCUT2D eigenvalue weighted by Gasteiger charge is -2.11. The van der Waals surface area contributed by atoms with Gasteiger partial charge in [-0.2, -0.15) is 4.98 Å². The van der Waals surface area contributed by atoms with Crippen LogP contribution in [-0.2, 0) is 18.3 Å². The number of nitrogens with zero attached hydrogens (tertiary/aromatic N) is 3. The number of hydrogen-bond acceptors (Lipinski definition) is 5. The first kappa shape index (κ1) is 20.9. The molecule has 0 aliphatic carbocycles. The molecular weight excluding hydrogens is 418 g/mol. The Bertz CT molecular complexity index is 1260. The van der Waals surface area contributed by atoms with E-state index in [1.54, 1.807) is 12.1 Å². The summed E-state index contributed by atoms with van der Waals surface area (Å²) < 4.78 is 13.1. The molecule has 2 aromatic heterocycles. The van der Waals surface area contributed by atoms with Gasteiger partial charge in [0.1, 0.15) is 5.75 Å². The molecule has 2 aromatic carbocycles. The average molecular weight is 440 g/mol. The van der Waals surface area contributed by atoms with Crippen molar-refractivity contribution in [3.05, 3.63) is 53.2 Å². The first-order valence-corrected chi connectivity index (χ1v) is 10.3. The number of rotatable bonds is 7. The molecule has 7 nitrogen and oxygen atoms in total. The van der Waals surface area contributed by atoms with Crippen molar-refractivity contribution in [3.8, 4) is 28.6 Å². The third-order valence-corrected chi connectivity index (χ3v) is 5.20. The van der Waals surface area contributed by atoms with E-state index >= 15 is 0 Å². The molecule has 2 heterocycles. The summed E-state index contributed by atoms with van der Waals surface area (Å²) in [5.41, 5.74) is 3.48. The predicted molar refractivity (Wildman–Crippen MR) is 118 cm³/mol. The van der Waals surface area contributed by atoms with Gasteiger partial charge in [-0.05, 0) is 50.1 Å². The molecule has 31 heavy (non-hydrogen) atoms. The van der Waals surface area contributed by atoms with E-state index in [-0.39, 0.29) is 12.5 Å². The second-order valence-electron chi connectivity index (χ2n) is 7.63. The summed E-state index contributed by atoms with van der Waals surface area (Å²) in [6.07, 6.45) is 2.56. The summed E-state index contributed by atoms with van der Waals surface area (Å²) in [7, 11) is 1.93. The van der Waals surface area contributed by atoms with Crippen molar-refractivity contribution >= 4 is 28.5 Å². The van der Waals surface area contributed by atoms with Crippen molar-refractivity contribution in [1.29, 1.82) is 0 Å². The fraction of sp³-hybridized carbons (Fsp3) is 0.261. The zero-order chi connectivity index (χ0) is 22.1. The SMILES string of the molecule is CC(C)Oc1ccc(-c2nc(-c3ccc4c(CCC(=O)O)cn(C)c4c3)no2)cc1Cl. The maximum absolute atomic E-state index is 10.9. The van der Waals surface area contributed by atoms with E-state index in [0.717, 1.165) is 22.0 Å². The Morgan fingerprint density at radius 2 is 2.00 bits per heavy atom. The molecule has 0 unspecified atom stereocenters. The topological polar surface area (TPSA) is 90.4 Å². The number of carboxylic acid groups (broad SMARTS) is 1. The molecule has 1 N–H and O–H groups in total. The van der Waals surface area contributed by atoms with Crippen molar-refractivity contribution in [2.75, 3.05) is 0 Å². The van der Waals surface area contributed by atoms with Gasteiger partial charge in [-0.25, -0.2) is 0 Å². The lowest BCUT2D eigenvalue weighted by Crippen LogP contribution is -2.05. The van der Waals surface area contributed by atoms with Crippen LogP contribution in [0.1, 0.15) is 25.8 Å². The third kappa shape index (κ3) is 4.41. The molecule has 0 aliphatic heterocycles. The molecule has 4 rings (SSSR count). The van der Waals surface area contributed by atoms with E-state index < -0.39 is 5.97 Å². The summed E-state index contributed by atoms with van der Waals surface area (Å²) in [6.45, 7) is 3.88. The Hall–Kier alpha value is -3.32. The zero-order valence-electron chi connectivity index (χ0n) is 17.4. The first-order valence-electron chi connectivity index (χ1n) is 9.92. The van der Waals surface area contributed by atoms with E-state index in [2.05, 4.69) is 10.1 Å². The second-order valence-corrected chi connectivity index (χ2v) is 8.03. The number of aryl methyl sites for hydroxylation is 2. The van der Waals surface area contributed by atoms with Gasteiger partial charge in [-0.1, -0.05) is 28.9 Å².